The van der Waals surface area contributed by atoms with Gasteiger partial charge >= 0.3 is 0 Å². The first-order chi connectivity index (χ1) is 9.77. The topological polar surface area (TPSA) is 63.2 Å². The van der Waals surface area contributed by atoms with Crippen molar-refractivity contribution in [3.8, 4) is 0 Å². The molecule has 0 aliphatic carbocycles. The van der Waals surface area contributed by atoms with Crippen molar-refractivity contribution in [1.82, 2.24) is 0 Å². The molecule has 0 unspecified atom stereocenters. The molecule has 8 heteroatoms. The van der Waals surface area contributed by atoms with Gasteiger partial charge in [-0.15, -0.1) is 0 Å². The first-order valence-electron chi connectivity index (χ1n) is 5.58. The Bertz CT molecular complexity index is 794. The quantitative estimate of drug-likeness (QED) is 0.809. The van der Waals surface area contributed by atoms with Gasteiger partial charge in [-0.2, -0.15) is 0 Å². The number of benzene rings is 2. The lowest BCUT2D eigenvalue weighted by Crippen LogP contribution is -2.13. The molecule has 1 N–H and O–H groups in total. The fourth-order valence-electron chi connectivity index (χ4n) is 1.54. The van der Waals surface area contributed by atoms with E-state index in [0.717, 1.165) is 22.7 Å². The largest absolute Gasteiger partial charge is 0.319 e. The van der Waals surface area contributed by atoms with Crippen molar-refractivity contribution < 1.29 is 17.6 Å². The minimum atomic E-state index is -4.01. The summed E-state index contributed by atoms with van der Waals surface area (Å²) in [4.78, 5) is 11.6. The Morgan fingerprint density at radius 1 is 1.14 bits per heavy atom. The van der Waals surface area contributed by atoms with E-state index in [1.54, 1.807) is 24.3 Å². The van der Waals surface area contributed by atoms with Crippen molar-refractivity contribution in [2.45, 2.75) is 4.90 Å². The summed E-state index contributed by atoms with van der Waals surface area (Å²) in [5, 5.41) is 2.36. The van der Waals surface area contributed by atoms with Gasteiger partial charge in [-0.3, -0.25) is 4.79 Å². The van der Waals surface area contributed by atoms with E-state index >= 15 is 0 Å². The second kappa shape index (κ2) is 6.13. The number of carbonyl (C=O) groups excluding carboxylic acids is 1. The van der Waals surface area contributed by atoms with Crippen molar-refractivity contribution >= 4 is 47.3 Å². The molecule has 2 rings (SSSR count). The molecule has 0 aromatic heterocycles. The zero-order valence-corrected chi connectivity index (χ0v) is 13.5. The first-order valence-corrected chi connectivity index (χ1v) is 8.69. The number of rotatable bonds is 3. The highest BCUT2D eigenvalue weighted by molar-refractivity contribution is 9.10. The van der Waals surface area contributed by atoms with E-state index < -0.39 is 20.8 Å². The van der Waals surface area contributed by atoms with Crippen LogP contribution in [-0.2, 0) is 9.05 Å². The standard InChI is InChI=1S/C13H8BrClFNO3S/c14-9-3-1-8(2-4-9)13(18)17-12-6-5-10(7-11(12)16)21(15,19)20/h1-7H,(H,17,18). The zero-order valence-electron chi connectivity index (χ0n) is 10.3. The molecule has 0 atom stereocenters. The summed E-state index contributed by atoms with van der Waals surface area (Å²) in [5.41, 5.74) is 0.207. The van der Waals surface area contributed by atoms with Gasteiger partial charge in [0.2, 0.25) is 0 Å². The molecular weight excluding hydrogens is 385 g/mol. The number of halogens is 3. The summed E-state index contributed by atoms with van der Waals surface area (Å²) in [6.07, 6.45) is 0. The Labute approximate surface area is 133 Å². The fraction of sp³-hybridized carbons (Fsp3) is 0. The van der Waals surface area contributed by atoms with Gasteiger partial charge in [0.15, 0.2) is 0 Å². The van der Waals surface area contributed by atoms with Crippen LogP contribution in [-0.4, -0.2) is 14.3 Å². The number of hydrogen-bond donors (Lipinski definition) is 1. The summed E-state index contributed by atoms with van der Waals surface area (Å²) in [5.74, 6) is -1.40. The molecule has 0 heterocycles. The van der Waals surface area contributed by atoms with Gasteiger partial charge in [0, 0.05) is 20.7 Å². The Hall–Kier alpha value is -1.44. The molecule has 0 spiro atoms. The van der Waals surface area contributed by atoms with Crippen molar-refractivity contribution in [2.75, 3.05) is 5.32 Å². The minimum Gasteiger partial charge on any atom is -0.319 e. The summed E-state index contributed by atoms with van der Waals surface area (Å²) < 4.78 is 36.7. The van der Waals surface area contributed by atoms with Crippen LogP contribution in [0.5, 0.6) is 0 Å². The predicted octanol–water partition coefficient (Wildman–Crippen LogP) is 3.77. The molecule has 0 aliphatic heterocycles. The molecule has 0 saturated carbocycles. The first kappa shape index (κ1) is 15.9. The van der Waals surface area contributed by atoms with Crippen LogP contribution in [0.25, 0.3) is 0 Å². The minimum absolute atomic E-state index is 0.132. The Morgan fingerprint density at radius 2 is 1.76 bits per heavy atom. The summed E-state index contributed by atoms with van der Waals surface area (Å²) >= 11 is 3.24. The van der Waals surface area contributed by atoms with Gasteiger partial charge in [-0.05, 0) is 42.5 Å². The van der Waals surface area contributed by atoms with Crippen molar-refractivity contribution in [2.24, 2.45) is 0 Å². The highest BCUT2D eigenvalue weighted by Crippen LogP contribution is 2.22. The molecule has 0 bridgehead atoms. The molecule has 21 heavy (non-hydrogen) atoms. The molecule has 0 radical (unpaired) electrons. The van der Waals surface area contributed by atoms with Crippen LogP contribution in [0.15, 0.2) is 51.8 Å². The van der Waals surface area contributed by atoms with Crippen molar-refractivity contribution in [3.05, 3.63) is 58.3 Å². The van der Waals surface area contributed by atoms with Crippen molar-refractivity contribution in [1.29, 1.82) is 0 Å². The number of carbonyl (C=O) groups is 1. The van der Waals surface area contributed by atoms with E-state index in [9.17, 15) is 17.6 Å². The third kappa shape index (κ3) is 4.03. The van der Waals surface area contributed by atoms with Gasteiger partial charge in [-0.25, -0.2) is 12.8 Å². The highest BCUT2D eigenvalue weighted by Gasteiger charge is 2.15. The normalized spacial score (nSPS) is 11.2. The van der Waals surface area contributed by atoms with Crippen LogP contribution in [0.2, 0.25) is 0 Å². The molecule has 110 valence electrons. The van der Waals surface area contributed by atoms with Crippen LogP contribution < -0.4 is 5.32 Å². The molecule has 0 fully saturated rings. The molecular formula is C13H8BrClFNO3S. The molecule has 0 saturated heterocycles. The smallest absolute Gasteiger partial charge is 0.261 e. The lowest BCUT2D eigenvalue weighted by molar-refractivity contribution is 0.102. The third-order valence-corrected chi connectivity index (χ3v) is 4.46. The van der Waals surface area contributed by atoms with Crippen LogP contribution in [0.1, 0.15) is 10.4 Å². The number of nitrogens with one attached hydrogen (secondary N) is 1. The van der Waals surface area contributed by atoms with Gasteiger partial charge in [0.05, 0.1) is 10.6 Å². The zero-order chi connectivity index (χ0) is 15.6. The van der Waals surface area contributed by atoms with Gasteiger partial charge in [0.1, 0.15) is 5.82 Å². The van der Waals surface area contributed by atoms with E-state index in [1.807, 2.05) is 0 Å². The predicted molar refractivity (Wildman–Crippen MR) is 81.5 cm³/mol. The maximum atomic E-state index is 13.8. The van der Waals surface area contributed by atoms with Crippen LogP contribution in [0.4, 0.5) is 10.1 Å². The maximum Gasteiger partial charge on any atom is 0.261 e. The molecule has 2 aromatic rings. The van der Waals surface area contributed by atoms with Crippen LogP contribution in [0.3, 0.4) is 0 Å². The Balaban J connectivity index is 2.24. The van der Waals surface area contributed by atoms with E-state index in [1.165, 1.54) is 0 Å². The third-order valence-electron chi connectivity index (χ3n) is 2.58. The van der Waals surface area contributed by atoms with Crippen LogP contribution >= 0.6 is 26.6 Å². The second-order valence-corrected chi connectivity index (χ2v) is 7.52. The number of anilines is 1. The Kier molecular flexibility index (Phi) is 4.65. The van der Waals surface area contributed by atoms with Gasteiger partial charge in [0.25, 0.3) is 15.0 Å². The SMILES string of the molecule is O=C(Nc1ccc(S(=O)(=O)Cl)cc1F)c1ccc(Br)cc1. The number of amides is 1. The fourth-order valence-corrected chi connectivity index (χ4v) is 2.57. The van der Waals surface area contributed by atoms with Gasteiger partial charge in [-0.1, -0.05) is 15.9 Å². The summed E-state index contributed by atoms with van der Waals surface area (Å²) in [6.45, 7) is 0. The summed E-state index contributed by atoms with van der Waals surface area (Å²) in [7, 11) is 1.10. The van der Waals surface area contributed by atoms with Crippen molar-refractivity contribution in [3.63, 3.8) is 0 Å². The average molecular weight is 393 g/mol. The highest BCUT2D eigenvalue weighted by atomic mass is 79.9. The Morgan fingerprint density at radius 3 is 2.29 bits per heavy atom. The lowest BCUT2D eigenvalue weighted by Gasteiger charge is -2.07. The van der Waals surface area contributed by atoms with E-state index in [0.29, 0.717) is 5.56 Å². The molecule has 1 amide bonds. The monoisotopic (exact) mass is 391 g/mol. The van der Waals surface area contributed by atoms with E-state index in [-0.39, 0.29) is 10.6 Å². The van der Waals surface area contributed by atoms with Gasteiger partial charge < -0.3 is 5.32 Å². The second-order valence-electron chi connectivity index (χ2n) is 4.04. The van der Waals surface area contributed by atoms with E-state index in [4.69, 9.17) is 10.7 Å². The lowest BCUT2D eigenvalue weighted by atomic mass is 10.2. The molecule has 4 nitrogen and oxygen atoms in total. The number of hydrogen-bond acceptors (Lipinski definition) is 3. The molecule has 0 aliphatic rings. The van der Waals surface area contributed by atoms with Crippen LogP contribution in [0, 0.1) is 5.82 Å². The summed E-state index contributed by atoms with van der Waals surface area (Å²) in [6, 6.07) is 9.48. The maximum absolute atomic E-state index is 13.8. The van der Waals surface area contributed by atoms with E-state index in [2.05, 4.69) is 21.2 Å². The average Bonchev–Trinajstić information content (AvgIpc) is 2.40. The molecule has 2 aromatic carbocycles.